The Morgan fingerprint density at radius 3 is 2.11 bits per heavy atom. The molecule has 18 heavy (non-hydrogen) atoms. The van der Waals surface area contributed by atoms with Crippen LogP contribution in [0, 0.1) is 6.92 Å². The molecule has 2 amide bonds. The van der Waals surface area contributed by atoms with Gasteiger partial charge < -0.3 is 0 Å². The first kappa shape index (κ1) is 12.0. The van der Waals surface area contributed by atoms with E-state index in [9.17, 15) is 9.59 Å². The van der Waals surface area contributed by atoms with Gasteiger partial charge in [-0.2, -0.15) is 0 Å². The SMILES string of the molecule is Cc1cccc(C(=O)NC(=O)c2ccccc2)c1. The van der Waals surface area contributed by atoms with Gasteiger partial charge in [0.2, 0.25) is 0 Å². The van der Waals surface area contributed by atoms with Crippen molar-refractivity contribution in [2.24, 2.45) is 0 Å². The number of hydrogen-bond acceptors (Lipinski definition) is 2. The third-order valence-corrected chi connectivity index (χ3v) is 2.54. The molecule has 0 saturated carbocycles. The summed E-state index contributed by atoms with van der Waals surface area (Å²) in [6.07, 6.45) is 0. The van der Waals surface area contributed by atoms with Crippen molar-refractivity contribution in [1.82, 2.24) is 5.32 Å². The van der Waals surface area contributed by atoms with Crippen molar-refractivity contribution < 1.29 is 9.59 Å². The van der Waals surface area contributed by atoms with E-state index >= 15 is 0 Å². The Hall–Kier alpha value is -2.42. The first-order chi connectivity index (χ1) is 8.66. The predicted molar refractivity (Wildman–Crippen MR) is 69.4 cm³/mol. The lowest BCUT2D eigenvalue weighted by Crippen LogP contribution is -2.30. The summed E-state index contributed by atoms with van der Waals surface area (Å²) in [6, 6.07) is 15.8. The lowest BCUT2D eigenvalue weighted by molar-refractivity contribution is 0.0849. The van der Waals surface area contributed by atoms with E-state index < -0.39 is 0 Å². The average Bonchev–Trinajstić information content (AvgIpc) is 2.39. The molecule has 0 fully saturated rings. The molecule has 0 heterocycles. The quantitative estimate of drug-likeness (QED) is 0.819. The molecule has 0 atom stereocenters. The number of amides is 2. The summed E-state index contributed by atoms with van der Waals surface area (Å²) >= 11 is 0. The van der Waals surface area contributed by atoms with Gasteiger partial charge in [0.05, 0.1) is 0 Å². The van der Waals surface area contributed by atoms with E-state index in [0.29, 0.717) is 11.1 Å². The zero-order valence-electron chi connectivity index (χ0n) is 10.0. The maximum absolute atomic E-state index is 11.8. The fourth-order valence-corrected chi connectivity index (χ4v) is 1.62. The predicted octanol–water partition coefficient (Wildman–Crippen LogP) is 2.57. The van der Waals surface area contributed by atoms with Crippen LogP contribution in [-0.2, 0) is 0 Å². The molecule has 0 bridgehead atoms. The molecule has 0 radical (unpaired) electrons. The van der Waals surface area contributed by atoms with Gasteiger partial charge in [0.15, 0.2) is 0 Å². The molecule has 0 aliphatic rings. The number of benzene rings is 2. The van der Waals surface area contributed by atoms with Gasteiger partial charge in [-0.05, 0) is 31.2 Å². The van der Waals surface area contributed by atoms with Gasteiger partial charge in [0.25, 0.3) is 11.8 Å². The highest BCUT2D eigenvalue weighted by Crippen LogP contribution is 2.04. The minimum absolute atomic E-state index is 0.382. The van der Waals surface area contributed by atoms with Crippen LogP contribution in [0.25, 0.3) is 0 Å². The maximum atomic E-state index is 11.8. The maximum Gasteiger partial charge on any atom is 0.258 e. The van der Waals surface area contributed by atoms with Crippen molar-refractivity contribution in [2.75, 3.05) is 0 Å². The molecule has 0 aliphatic heterocycles. The van der Waals surface area contributed by atoms with Crippen LogP contribution < -0.4 is 5.32 Å². The number of imide groups is 1. The van der Waals surface area contributed by atoms with E-state index in [1.165, 1.54) is 0 Å². The van der Waals surface area contributed by atoms with Gasteiger partial charge in [-0.3, -0.25) is 14.9 Å². The second kappa shape index (κ2) is 5.27. The van der Waals surface area contributed by atoms with Gasteiger partial charge in [0.1, 0.15) is 0 Å². The van der Waals surface area contributed by atoms with E-state index in [1.807, 2.05) is 19.1 Å². The monoisotopic (exact) mass is 239 g/mol. The Balaban J connectivity index is 2.11. The number of carbonyl (C=O) groups excluding carboxylic acids is 2. The van der Waals surface area contributed by atoms with Crippen LogP contribution in [0.5, 0.6) is 0 Å². The molecule has 0 unspecified atom stereocenters. The van der Waals surface area contributed by atoms with Crippen LogP contribution in [0.2, 0.25) is 0 Å². The Labute approximate surface area is 105 Å². The number of hydrogen-bond donors (Lipinski definition) is 1. The Bertz CT molecular complexity index is 576. The summed E-state index contributed by atoms with van der Waals surface area (Å²) in [5.74, 6) is -0.769. The first-order valence-electron chi connectivity index (χ1n) is 5.64. The number of carbonyl (C=O) groups is 2. The minimum atomic E-state index is -0.387. The Morgan fingerprint density at radius 1 is 0.833 bits per heavy atom. The molecule has 2 rings (SSSR count). The normalized spacial score (nSPS) is 9.83. The van der Waals surface area contributed by atoms with Crippen LogP contribution in [0.4, 0.5) is 0 Å². The molecular weight excluding hydrogens is 226 g/mol. The average molecular weight is 239 g/mol. The molecule has 1 N–H and O–H groups in total. The van der Waals surface area contributed by atoms with Crippen molar-refractivity contribution in [3.8, 4) is 0 Å². The molecule has 3 nitrogen and oxygen atoms in total. The highest BCUT2D eigenvalue weighted by Gasteiger charge is 2.11. The molecule has 3 heteroatoms. The van der Waals surface area contributed by atoms with Gasteiger partial charge in [0, 0.05) is 11.1 Å². The zero-order valence-corrected chi connectivity index (χ0v) is 10.0. The fraction of sp³-hybridized carbons (Fsp3) is 0.0667. The van der Waals surface area contributed by atoms with Crippen LogP contribution in [0.15, 0.2) is 54.6 Å². The van der Waals surface area contributed by atoms with E-state index in [4.69, 9.17) is 0 Å². The summed E-state index contributed by atoms with van der Waals surface area (Å²) in [7, 11) is 0. The van der Waals surface area contributed by atoms with E-state index in [-0.39, 0.29) is 11.8 Å². The Morgan fingerprint density at radius 2 is 1.44 bits per heavy atom. The van der Waals surface area contributed by atoms with Crippen molar-refractivity contribution >= 4 is 11.8 Å². The van der Waals surface area contributed by atoms with Crippen LogP contribution >= 0.6 is 0 Å². The molecule has 90 valence electrons. The number of aryl methyl sites for hydroxylation is 1. The zero-order chi connectivity index (χ0) is 13.0. The summed E-state index contributed by atoms with van der Waals surface area (Å²) in [5, 5.41) is 2.36. The molecule has 0 saturated heterocycles. The van der Waals surface area contributed by atoms with Crippen LogP contribution in [0.3, 0.4) is 0 Å². The van der Waals surface area contributed by atoms with E-state index in [0.717, 1.165) is 5.56 Å². The van der Waals surface area contributed by atoms with Crippen molar-refractivity contribution in [2.45, 2.75) is 6.92 Å². The minimum Gasteiger partial charge on any atom is -0.288 e. The van der Waals surface area contributed by atoms with Gasteiger partial charge in [-0.25, -0.2) is 0 Å². The smallest absolute Gasteiger partial charge is 0.258 e. The van der Waals surface area contributed by atoms with Crippen molar-refractivity contribution in [3.63, 3.8) is 0 Å². The van der Waals surface area contributed by atoms with Gasteiger partial charge in [-0.15, -0.1) is 0 Å². The third kappa shape index (κ3) is 2.83. The third-order valence-electron chi connectivity index (χ3n) is 2.54. The van der Waals surface area contributed by atoms with Gasteiger partial charge >= 0.3 is 0 Å². The number of nitrogens with one attached hydrogen (secondary N) is 1. The highest BCUT2D eigenvalue weighted by atomic mass is 16.2. The molecule has 0 aliphatic carbocycles. The summed E-state index contributed by atoms with van der Waals surface area (Å²) in [4.78, 5) is 23.6. The second-order valence-corrected chi connectivity index (χ2v) is 4.02. The topological polar surface area (TPSA) is 46.2 Å². The lowest BCUT2D eigenvalue weighted by atomic mass is 10.1. The first-order valence-corrected chi connectivity index (χ1v) is 5.64. The summed E-state index contributed by atoms with van der Waals surface area (Å²) < 4.78 is 0. The standard InChI is InChI=1S/C15H13NO2/c1-11-6-5-9-13(10-11)15(18)16-14(17)12-7-3-2-4-8-12/h2-10H,1H3,(H,16,17,18). The van der Waals surface area contributed by atoms with Crippen LogP contribution in [0.1, 0.15) is 26.3 Å². The van der Waals surface area contributed by atoms with Crippen LogP contribution in [-0.4, -0.2) is 11.8 Å². The molecule has 0 spiro atoms. The van der Waals surface area contributed by atoms with Gasteiger partial charge in [-0.1, -0.05) is 35.9 Å². The molecular formula is C15H13NO2. The fourth-order valence-electron chi connectivity index (χ4n) is 1.62. The van der Waals surface area contributed by atoms with Crippen molar-refractivity contribution in [3.05, 3.63) is 71.3 Å². The van der Waals surface area contributed by atoms with Crippen molar-refractivity contribution in [1.29, 1.82) is 0 Å². The second-order valence-electron chi connectivity index (χ2n) is 4.02. The molecule has 0 aromatic heterocycles. The summed E-state index contributed by atoms with van der Waals surface area (Å²) in [5.41, 5.74) is 1.94. The lowest BCUT2D eigenvalue weighted by Gasteiger charge is -2.04. The number of rotatable bonds is 2. The molecule has 2 aromatic rings. The van der Waals surface area contributed by atoms with E-state index in [2.05, 4.69) is 5.32 Å². The molecule has 2 aromatic carbocycles. The summed E-state index contributed by atoms with van der Waals surface area (Å²) in [6.45, 7) is 1.90. The highest BCUT2D eigenvalue weighted by molar-refractivity contribution is 6.10. The van der Waals surface area contributed by atoms with E-state index in [1.54, 1.807) is 42.5 Å². The largest absolute Gasteiger partial charge is 0.288 e. The Kier molecular flexibility index (Phi) is 3.53.